The van der Waals surface area contributed by atoms with Gasteiger partial charge in [-0.3, -0.25) is 0 Å². The van der Waals surface area contributed by atoms with Gasteiger partial charge in [-0.05, 0) is 85.4 Å². The second-order valence-corrected chi connectivity index (χ2v) is 10.9. The molecule has 186 valence electrons. The maximum Gasteiger partial charge on any atom is 0.140 e. The molecule has 0 saturated carbocycles. The summed E-state index contributed by atoms with van der Waals surface area (Å²) in [5.41, 5.74) is 11.1. The van der Waals surface area contributed by atoms with Crippen LogP contribution in [0.4, 0.5) is 5.69 Å². The molecule has 0 bridgehead atoms. The van der Waals surface area contributed by atoms with Gasteiger partial charge >= 0.3 is 0 Å². The summed E-state index contributed by atoms with van der Waals surface area (Å²) in [6, 6.07) is 15.9. The predicted molar refractivity (Wildman–Crippen MR) is 152 cm³/mol. The van der Waals surface area contributed by atoms with Crippen molar-refractivity contribution in [3.8, 4) is 11.5 Å². The van der Waals surface area contributed by atoms with Gasteiger partial charge in [0.05, 0.1) is 0 Å². The fourth-order valence-corrected chi connectivity index (χ4v) is 6.63. The highest BCUT2D eigenvalue weighted by Crippen LogP contribution is 2.48. The minimum absolute atomic E-state index is 1.03. The zero-order chi connectivity index (χ0) is 24.6. The minimum Gasteiger partial charge on any atom is -0.455 e. The molecule has 0 saturated heterocycles. The van der Waals surface area contributed by atoms with Gasteiger partial charge in [0.1, 0.15) is 11.5 Å². The van der Waals surface area contributed by atoms with E-state index in [-0.39, 0.29) is 0 Å². The van der Waals surface area contributed by atoms with Crippen LogP contribution in [0.15, 0.2) is 42.5 Å². The van der Waals surface area contributed by atoms with Gasteiger partial charge in [-0.1, -0.05) is 63.6 Å². The summed E-state index contributed by atoms with van der Waals surface area (Å²) < 4.78 is 7.08. The Morgan fingerprint density at radius 1 is 0.889 bits per heavy atom. The number of hydrogen-bond donors (Lipinski definition) is 0. The van der Waals surface area contributed by atoms with Crippen molar-refractivity contribution < 1.29 is 4.74 Å². The number of rotatable bonds is 7. The zero-order valence-corrected chi connectivity index (χ0v) is 22.1. The van der Waals surface area contributed by atoms with Crippen molar-refractivity contribution in [2.24, 2.45) is 0 Å². The molecule has 36 heavy (non-hydrogen) atoms. The Morgan fingerprint density at radius 2 is 1.64 bits per heavy atom. The van der Waals surface area contributed by atoms with Crippen LogP contribution in [0.1, 0.15) is 85.8 Å². The summed E-state index contributed by atoms with van der Waals surface area (Å²) >= 11 is 0. The van der Waals surface area contributed by atoms with E-state index in [1.54, 1.807) is 0 Å². The van der Waals surface area contributed by atoms with Gasteiger partial charge in [-0.25, -0.2) is 0 Å². The van der Waals surface area contributed by atoms with E-state index in [4.69, 9.17) is 4.74 Å². The van der Waals surface area contributed by atoms with Crippen LogP contribution >= 0.6 is 0 Å². The molecule has 6 rings (SSSR count). The van der Waals surface area contributed by atoms with Crippen molar-refractivity contribution in [3.63, 3.8) is 0 Å². The first-order valence-electron chi connectivity index (χ1n) is 14.3. The minimum atomic E-state index is 1.03. The van der Waals surface area contributed by atoms with Crippen LogP contribution in [-0.4, -0.2) is 13.1 Å². The number of anilines is 1. The number of benzene rings is 3. The monoisotopic (exact) mass is 477 g/mol. The van der Waals surface area contributed by atoms with Gasteiger partial charge < -0.3 is 9.64 Å². The molecule has 0 fully saturated rings. The first-order valence-corrected chi connectivity index (χ1v) is 14.3. The molecule has 0 unspecified atom stereocenters. The van der Waals surface area contributed by atoms with Crippen LogP contribution in [-0.2, 0) is 25.7 Å². The lowest BCUT2D eigenvalue weighted by atomic mass is 9.83. The van der Waals surface area contributed by atoms with E-state index in [1.807, 2.05) is 0 Å². The number of nitrogens with zero attached hydrogens (tertiary/aromatic N) is 1. The molecule has 0 N–H and O–H groups in total. The lowest BCUT2D eigenvalue weighted by molar-refractivity contribution is 0.453. The third-order valence-electron chi connectivity index (χ3n) is 8.45. The summed E-state index contributed by atoms with van der Waals surface area (Å²) in [6.45, 7) is 11.5. The topological polar surface area (TPSA) is 12.5 Å². The summed E-state index contributed by atoms with van der Waals surface area (Å²) in [5.74, 6) is 2.19. The second-order valence-electron chi connectivity index (χ2n) is 10.9. The number of ether oxygens (including phenoxy) is 1. The van der Waals surface area contributed by atoms with Crippen molar-refractivity contribution in [1.82, 2.24) is 0 Å². The van der Waals surface area contributed by atoms with Gasteiger partial charge in [0.15, 0.2) is 0 Å². The van der Waals surface area contributed by atoms with Crippen molar-refractivity contribution in [3.05, 3.63) is 86.3 Å². The maximum absolute atomic E-state index is 7.08. The molecule has 3 aromatic carbocycles. The van der Waals surface area contributed by atoms with Crippen molar-refractivity contribution in [1.29, 1.82) is 0 Å². The van der Waals surface area contributed by atoms with Crippen LogP contribution in [0.3, 0.4) is 0 Å². The average Bonchev–Trinajstić information content (AvgIpc) is 2.91. The van der Waals surface area contributed by atoms with E-state index >= 15 is 0 Å². The highest BCUT2D eigenvalue weighted by molar-refractivity contribution is 5.89. The van der Waals surface area contributed by atoms with Gasteiger partial charge in [-0.15, -0.1) is 0 Å². The van der Waals surface area contributed by atoms with Crippen LogP contribution < -0.4 is 20.1 Å². The Hall–Kier alpha value is -3.00. The van der Waals surface area contributed by atoms with Crippen molar-refractivity contribution >= 4 is 17.8 Å². The normalized spacial score (nSPS) is 15.7. The van der Waals surface area contributed by atoms with E-state index in [0.717, 1.165) is 37.2 Å². The third kappa shape index (κ3) is 3.86. The molecular weight excluding hydrogens is 438 g/mol. The largest absolute Gasteiger partial charge is 0.455 e. The molecule has 0 aliphatic carbocycles. The number of fused-ring (bicyclic) bond motifs is 3. The molecule has 0 amide bonds. The number of unbranched alkanes of at least 4 members (excludes halogenated alkanes) is 2. The molecule has 0 radical (unpaired) electrons. The molecule has 0 spiro atoms. The van der Waals surface area contributed by atoms with Gasteiger partial charge in [0.2, 0.25) is 0 Å². The molecule has 3 aliphatic rings. The van der Waals surface area contributed by atoms with E-state index in [1.165, 1.54) is 107 Å². The third-order valence-corrected chi connectivity index (χ3v) is 8.45. The van der Waals surface area contributed by atoms with E-state index < -0.39 is 0 Å². The fourth-order valence-electron chi connectivity index (χ4n) is 6.63. The van der Waals surface area contributed by atoms with Crippen LogP contribution in [0.2, 0.25) is 0 Å². The Labute approximate surface area is 216 Å². The van der Waals surface area contributed by atoms with Crippen molar-refractivity contribution in [2.45, 2.75) is 78.1 Å². The highest BCUT2D eigenvalue weighted by atomic mass is 16.5. The highest BCUT2D eigenvalue weighted by Gasteiger charge is 2.33. The summed E-state index contributed by atoms with van der Waals surface area (Å²) in [4.78, 5) is 2.62. The Kier molecular flexibility index (Phi) is 6.37. The Balaban J connectivity index is 1.70. The summed E-state index contributed by atoms with van der Waals surface area (Å²) in [5, 5.41) is 2.48. The number of hydrogen-bond acceptors (Lipinski definition) is 2. The van der Waals surface area contributed by atoms with Crippen LogP contribution in [0.5, 0.6) is 11.5 Å². The standard InChI is InChI=1S/C34H39NO/c1-4-6-13-25-21-29-31(24-14-9-8-10-15-24)30-22-26-16-11-19-35-20-12-18-28(32(26)35)34(30)36-33(29)27(23(25)3)17-7-5-2/h8-10,14-15,21-22H,3-7,11-13,16-20H2,1-2H3. The molecule has 0 atom stereocenters. The van der Waals surface area contributed by atoms with Gasteiger partial charge in [0, 0.05) is 46.3 Å². The van der Waals surface area contributed by atoms with E-state index in [9.17, 15) is 0 Å². The van der Waals surface area contributed by atoms with Gasteiger partial charge in [0.25, 0.3) is 0 Å². The average molecular weight is 478 g/mol. The summed E-state index contributed by atoms with van der Waals surface area (Å²) in [7, 11) is 0. The zero-order valence-electron chi connectivity index (χ0n) is 22.1. The Morgan fingerprint density at radius 3 is 2.42 bits per heavy atom. The molecule has 2 nitrogen and oxygen atoms in total. The maximum atomic E-state index is 7.08. The molecule has 3 aliphatic heterocycles. The molecule has 3 aromatic rings. The molecular formula is C34H39NO. The Bertz CT molecular complexity index is 1400. The van der Waals surface area contributed by atoms with E-state index in [2.05, 4.69) is 67.8 Å². The summed E-state index contributed by atoms with van der Waals surface area (Å²) in [6.07, 6.45) is 11.6. The fraction of sp³-hybridized carbons (Fsp3) is 0.412. The molecule has 2 heteroatoms. The lowest BCUT2D eigenvalue weighted by Gasteiger charge is -2.39. The van der Waals surface area contributed by atoms with E-state index in [0.29, 0.717) is 0 Å². The molecule has 3 heterocycles. The quantitative estimate of drug-likeness (QED) is 0.289. The second kappa shape index (κ2) is 9.81. The SMILES string of the molecule is C=c1c(CCCC)cc2c(c1CCCC)Oc1c(cc3c4c1CCCN4CCC3)C=2c1ccccc1. The molecule has 0 aromatic heterocycles. The van der Waals surface area contributed by atoms with Crippen LogP contribution in [0, 0.1) is 0 Å². The smallest absolute Gasteiger partial charge is 0.140 e. The number of aryl methyl sites for hydroxylation is 2. The lowest BCUT2D eigenvalue weighted by Crippen LogP contribution is -2.35. The van der Waals surface area contributed by atoms with Gasteiger partial charge in [-0.2, -0.15) is 0 Å². The predicted octanol–water partition coefficient (Wildman–Crippen LogP) is 6.83. The first-order chi connectivity index (χ1) is 17.7. The van der Waals surface area contributed by atoms with Crippen molar-refractivity contribution in [2.75, 3.05) is 18.0 Å². The first kappa shape index (κ1) is 23.4. The van der Waals surface area contributed by atoms with Crippen LogP contribution in [0.25, 0.3) is 12.2 Å².